The number of alkyl halides is 2. The van der Waals surface area contributed by atoms with Gasteiger partial charge < -0.3 is 10.0 Å². The number of pyridine rings is 1. The summed E-state index contributed by atoms with van der Waals surface area (Å²) in [6.07, 6.45) is 0.0195. The third-order valence-corrected chi connectivity index (χ3v) is 10.2. The molecule has 0 amide bonds. The highest BCUT2D eigenvalue weighted by Crippen LogP contribution is 2.40. The normalized spacial score (nSPS) is 19.1. The number of hydrogen-bond donors (Lipinski definition) is 1. The Labute approximate surface area is 241 Å². The number of benzene rings is 2. The monoisotopic (exact) mass is 596 g/mol. The maximum absolute atomic E-state index is 14.5. The van der Waals surface area contributed by atoms with Crippen LogP contribution in [0.5, 0.6) is 0 Å². The molecule has 2 aromatic heterocycles. The van der Waals surface area contributed by atoms with E-state index in [0.717, 1.165) is 24.9 Å². The largest absolute Gasteiger partial charge is 0.481 e. The maximum Gasteiger partial charge on any atom is 0.304 e. The SMILES string of the molecule is Cc1ccc([C@H](CC(=O)O)c2ccc3c(nnn3C)c2C(F)F)cc1CN1CC2CCCN2c2ncccc2S1(=O)=O. The molecule has 10 nitrogen and oxygen atoms in total. The second kappa shape index (κ2) is 10.7. The topological polar surface area (TPSA) is 122 Å². The number of carboxylic acids is 1. The molecule has 2 aliphatic rings. The number of anilines is 1. The van der Waals surface area contributed by atoms with Gasteiger partial charge in [-0.1, -0.05) is 29.5 Å². The molecule has 0 aliphatic carbocycles. The Morgan fingerprint density at radius 3 is 2.76 bits per heavy atom. The first-order chi connectivity index (χ1) is 20.1. The van der Waals surface area contributed by atoms with E-state index in [1.165, 1.54) is 15.1 Å². The lowest BCUT2D eigenvalue weighted by atomic mass is 9.84. The highest BCUT2D eigenvalue weighted by atomic mass is 32.2. The first kappa shape index (κ1) is 28.2. The van der Waals surface area contributed by atoms with E-state index in [9.17, 15) is 27.1 Å². The van der Waals surface area contributed by atoms with Crippen LogP contribution >= 0.6 is 0 Å². The average Bonchev–Trinajstić information content (AvgIpc) is 3.56. The van der Waals surface area contributed by atoms with Gasteiger partial charge in [-0.15, -0.1) is 5.10 Å². The fourth-order valence-corrected chi connectivity index (χ4v) is 7.85. The van der Waals surface area contributed by atoms with Crippen LogP contribution in [-0.2, 0) is 28.4 Å². The number of aryl methyl sites for hydroxylation is 2. The predicted molar refractivity (Wildman–Crippen MR) is 151 cm³/mol. The van der Waals surface area contributed by atoms with Crippen molar-refractivity contribution < 1.29 is 27.1 Å². The maximum atomic E-state index is 14.5. The van der Waals surface area contributed by atoms with Crippen molar-refractivity contribution in [2.75, 3.05) is 18.0 Å². The number of hydrogen-bond acceptors (Lipinski definition) is 7. The van der Waals surface area contributed by atoms with E-state index in [1.807, 2.05) is 6.92 Å². The van der Waals surface area contributed by atoms with E-state index in [2.05, 4.69) is 20.2 Å². The van der Waals surface area contributed by atoms with E-state index in [4.69, 9.17) is 0 Å². The second-order valence-electron chi connectivity index (χ2n) is 10.9. The van der Waals surface area contributed by atoms with Crippen LogP contribution in [0.2, 0.25) is 0 Å². The molecule has 1 unspecified atom stereocenters. The minimum atomic E-state index is -3.90. The van der Waals surface area contributed by atoms with Crippen LogP contribution in [0.3, 0.4) is 0 Å². The van der Waals surface area contributed by atoms with Gasteiger partial charge in [-0.05, 0) is 60.2 Å². The molecule has 6 rings (SSSR count). The minimum Gasteiger partial charge on any atom is -0.481 e. The molecule has 42 heavy (non-hydrogen) atoms. The van der Waals surface area contributed by atoms with Gasteiger partial charge in [0, 0.05) is 44.8 Å². The van der Waals surface area contributed by atoms with Crippen LogP contribution in [-0.4, -0.2) is 62.9 Å². The number of nitrogens with zero attached hydrogens (tertiary/aromatic N) is 6. The van der Waals surface area contributed by atoms with Gasteiger partial charge in [0.15, 0.2) is 0 Å². The third-order valence-electron chi connectivity index (χ3n) is 8.38. The van der Waals surface area contributed by atoms with Crippen molar-refractivity contribution in [3.8, 4) is 0 Å². The second-order valence-corrected chi connectivity index (χ2v) is 12.8. The molecular formula is C29H30F2N6O4S. The predicted octanol–water partition coefficient (Wildman–Crippen LogP) is 4.39. The third kappa shape index (κ3) is 4.79. The van der Waals surface area contributed by atoms with Crippen LogP contribution in [0.1, 0.15) is 59.4 Å². The highest BCUT2D eigenvalue weighted by molar-refractivity contribution is 7.89. The highest BCUT2D eigenvalue weighted by Gasteiger charge is 2.40. The summed E-state index contributed by atoms with van der Waals surface area (Å²) in [5.74, 6) is -1.61. The summed E-state index contributed by atoms with van der Waals surface area (Å²) in [5, 5.41) is 17.6. The molecule has 1 fully saturated rings. The summed E-state index contributed by atoms with van der Waals surface area (Å²) in [6, 6.07) is 11.5. The summed E-state index contributed by atoms with van der Waals surface area (Å²) in [5.41, 5.74) is 2.21. The molecule has 1 N–H and O–H groups in total. The van der Waals surface area contributed by atoms with E-state index in [0.29, 0.717) is 22.5 Å². The molecule has 2 aromatic carbocycles. The van der Waals surface area contributed by atoms with E-state index in [-0.39, 0.29) is 40.7 Å². The van der Waals surface area contributed by atoms with E-state index in [1.54, 1.807) is 49.6 Å². The Balaban J connectivity index is 1.43. The van der Waals surface area contributed by atoms with Gasteiger partial charge in [0.05, 0.1) is 17.5 Å². The fraction of sp³-hybridized carbons (Fsp3) is 0.379. The Morgan fingerprint density at radius 2 is 2.00 bits per heavy atom. The Bertz CT molecular complexity index is 1790. The van der Waals surface area contributed by atoms with Gasteiger partial charge >= 0.3 is 5.97 Å². The van der Waals surface area contributed by atoms with Crippen molar-refractivity contribution in [2.24, 2.45) is 7.05 Å². The molecule has 220 valence electrons. The number of aliphatic carboxylic acids is 1. The van der Waals surface area contributed by atoms with Crippen molar-refractivity contribution in [1.29, 1.82) is 0 Å². The van der Waals surface area contributed by atoms with Crippen molar-refractivity contribution >= 4 is 32.8 Å². The molecule has 2 aliphatic heterocycles. The molecule has 4 aromatic rings. The number of carboxylic acid groups (broad SMARTS) is 1. The van der Waals surface area contributed by atoms with Gasteiger partial charge in [0.25, 0.3) is 6.43 Å². The standard InChI is InChI=1S/C29H30F2N6O4S/c1-17-7-8-18(22(14-25(38)39)21-9-10-23-27(26(21)28(30)31)33-34-35(23)2)13-19(17)15-36-16-20-5-4-12-37(20)29-24(42(36,40)41)6-3-11-32-29/h3,6-11,13,20,22,28H,4-5,12,14-16H2,1-2H3,(H,38,39)/t20?,22-/m0/s1. The first-order valence-electron chi connectivity index (χ1n) is 13.7. The lowest BCUT2D eigenvalue weighted by Crippen LogP contribution is -2.39. The van der Waals surface area contributed by atoms with Crippen LogP contribution in [0.15, 0.2) is 53.6 Å². The molecule has 13 heteroatoms. The summed E-state index contributed by atoms with van der Waals surface area (Å²) >= 11 is 0. The minimum absolute atomic E-state index is 0.0218. The smallest absolute Gasteiger partial charge is 0.304 e. The van der Waals surface area contributed by atoms with Gasteiger partial charge in [0.2, 0.25) is 10.0 Å². The number of halogens is 2. The van der Waals surface area contributed by atoms with E-state index >= 15 is 0 Å². The number of rotatable bonds is 7. The zero-order valence-electron chi connectivity index (χ0n) is 23.1. The molecular weight excluding hydrogens is 566 g/mol. The van der Waals surface area contributed by atoms with Crippen molar-refractivity contribution in [1.82, 2.24) is 24.3 Å². The molecule has 0 saturated carbocycles. The Kier molecular flexibility index (Phi) is 7.17. The number of fused-ring (bicyclic) bond motifs is 4. The lowest BCUT2D eigenvalue weighted by Gasteiger charge is -2.26. The molecule has 0 bridgehead atoms. The number of aromatic nitrogens is 4. The zero-order chi connectivity index (χ0) is 29.8. The van der Waals surface area contributed by atoms with Crippen LogP contribution in [0.4, 0.5) is 14.6 Å². The van der Waals surface area contributed by atoms with Crippen molar-refractivity contribution in [3.63, 3.8) is 0 Å². The summed E-state index contributed by atoms with van der Waals surface area (Å²) < 4.78 is 59.6. The molecule has 4 heterocycles. The summed E-state index contributed by atoms with van der Waals surface area (Å²) in [7, 11) is -2.30. The molecule has 1 saturated heterocycles. The van der Waals surface area contributed by atoms with Gasteiger partial charge in [-0.2, -0.15) is 4.31 Å². The average molecular weight is 597 g/mol. The zero-order valence-corrected chi connectivity index (χ0v) is 23.9. The summed E-state index contributed by atoms with van der Waals surface area (Å²) in [4.78, 5) is 18.6. The molecule has 0 radical (unpaired) electrons. The Morgan fingerprint density at radius 1 is 1.19 bits per heavy atom. The van der Waals surface area contributed by atoms with Crippen LogP contribution in [0, 0.1) is 6.92 Å². The molecule has 0 spiro atoms. The first-order valence-corrected chi connectivity index (χ1v) is 15.1. The summed E-state index contributed by atoms with van der Waals surface area (Å²) in [6.45, 7) is 2.90. The van der Waals surface area contributed by atoms with Crippen molar-refractivity contribution in [3.05, 3.63) is 76.5 Å². The lowest BCUT2D eigenvalue weighted by molar-refractivity contribution is -0.137. The van der Waals surface area contributed by atoms with Crippen LogP contribution < -0.4 is 4.90 Å². The molecule has 2 atom stereocenters. The Hall–Kier alpha value is -3.97. The van der Waals surface area contributed by atoms with Gasteiger partial charge in [-0.25, -0.2) is 26.9 Å². The number of carbonyl (C=O) groups is 1. The quantitative estimate of drug-likeness (QED) is 0.334. The van der Waals surface area contributed by atoms with Gasteiger partial charge in [-0.3, -0.25) is 4.79 Å². The number of sulfonamides is 1. The fourth-order valence-electron chi connectivity index (χ4n) is 6.25. The van der Waals surface area contributed by atoms with Crippen LogP contribution in [0.25, 0.3) is 11.0 Å². The van der Waals surface area contributed by atoms with E-state index < -0.39 is 34.8 Å². The van der Waals surface area contributed by atoms with Gasteiger partial charge in [0.1, 0.15) is 16.2 Å². The van der Waals surface area contributed by atoms with Crippen molar-refractivity contribution in [2.45, 2.75) is 56.0 Å².